The molecule has 1 N–H and O–H groups in total. The van der Waals surface area contributed by atoms with Crippen molar-refractivity contribution in [2.45, 2.75) is 58.9 Å². The summed E-state index contributed by atoms with van der Waals surface area (Å²) in [5.41, 5.74) is 2.69. The van der Waals surface area contributed by atoms with Crippen molar-refractivity contribution in [1.29, 1.82) is 0 Å². The molecule has 0 unspecified atom stereocenters. The highest BCUT2D eigenvalue weighted by Gasteiger charge is 2.35. The van der Waals surface area contributed by atoms with Crippen LogP contribution in [0.2, 0.25) is 5.02 Å². The topological polar surface area (TPSA) is 29.9 Å². The molecule has 19 heavy (non-hydrogen) atoms. The monoisotopic (exact) mass is 283 g/mol. The Kier molecular flexibility index (Phi) is 4.91. The minimum atomic E-state index is 0.385. The lowest BCUT2D eigenvalue weighted by molar-refractivity contribution is 0.278. The highest BCUT2D eigenvalue weighted by atomic mass is 35.5. The molecule has 1 fully saturated rings. The predicted molar refractivity (Wildman–Crippen MR) is 80.8 cm³/mol. The average molecular weight is 284 g/mol. The normalized spacial score (nSPS) is 18.1. The second-order valence-electron chi connectivity index (χ2n) is 5.79. The van der Waals surface area contributed by atoms with E-state index >= 15 is 0 Å². The lowest BCUT2D eigenvalue weighted by Gasteiger charge is -2.29. The Balaban J connectivity index is 2.28. The van der Waals surface area contributed by atoms with Gasteiger partial charge in [-0.25, -0.2) is 0 Å². The van der Waals surface area contributed by atoms with E-state index in [1.54, 1.807) is 0 Å². The van der Waals surface area contributed by atoms with E-state index in [1.807, 2.05) is 0 Å². The van der Waals surface area contributed by atoms with Crippen LogP contribution in [0, 0.1) is 5.41 Å². The molecule has 3 nitrogen and oxygen atoms in total. The molecule has 1 saturated carbocycles. The summed E-state index contributed by atoms with van der Waals surface area (Å²) >= 11 is 6.55. The molecule has 0 bridgehead atoms. The third kappa shape index (κ3) is 2.97. The van der Waals surface area contributed by atoms with Gasteiger partial charge in [0.2, 0.25) is 0 Å². The van der Waals surface area contributed by atoms with Gasteiger partial charge in [0.15, 0.2) is 0 Å². The first kappa shape index (κ1) is 14.9. The van der Waals surface area contributed by atoms with Crippen molar-refractivity contribution >= 4 is 11.6 Å². The molecule has 1 aromatic heterocycles. The molecule has 4 heteroatoms. The number of hydrogen-bond acceptors (Lipinski definition) is 2. The first-order valence-electron chi connectivity index (χ1n) is 7.54. The van der Waals surface area contributed by atoms with Crippen molar-refractivity contribution in [2.24, 2.45) is 5.41 Å². The molecule has 1 aliphatic carbocycles. The van der Waals surface area contributed by atoms with Crippen LogP contribution in [0.5, 0.6) is 0 Å². The second kappa shape index (κ2) is 6.27. The molecule has 1 aliphatic rings. The Morgan fingerprint density at radius 2 is 2.00 bits per heavy atom. The summed E-state index contributed by atoms with van der Waals surface area (Å²) in [6.45, 7) is 6.26. The highest BCUT2D eigenvalue weighted by Crippen LogP contribution is 2.42. The molecule has 0 spiro atoms. The maximum absolute atomic E-state index is 6.55. The van der Waals surface area contributed by atoms with Crippen LogP contribution in [0.3, 0.4) is 0 Å². The standard InChI is InChI=1S/C15H26ClN3/c1-4-12-14(16)13(19(5-2)18-12)10-15(11-17-3)8-6-7-9-15/h17H,4-11H2,1-3H3. The van der Waals surface area contributed by atoms with Crippen molar-refractivity contribution in [3.05, 3.63) is 16.4 Å². The fourth-order valence-corrected chi connectivity index (χ4v) is 3.79. The number of hydrogen-bond donors (Lipinski definition) is 1. The quantitative estimate of drug-likeness (QED) is 0.867. The molecule has 2 rings (SSSR count). The van der Waals surface area contributed by atoms with Gasteiger partial charge in [-0.05, 0) is 45.1 Å². The van der Waals surface area contributed by atoms with E-state index in [1.165, 1.54) is 31.4 Å². The smallest absolute Gasteiger partial charge is 0.0850 e. The molecule has 0 amide bonds. The summed E-state index contributed by atoms with van der Waals surface area (Å²) in [7, 11) is 2.05. The molecule has 0 atom stereocenters. The van der Waals surface area contributed by atoms with Gasteiger partial charge in [-0.15, -0.1) is 0 Å². The van der Waals surface area contributed by atoms with E-state index in [2.05, 4.69) is 36.0 Å². The lowest BCUT2D eigenvalue weighted by Crippen LogP contribution is -2.33. The summed E-state index contributed by atoms with van der Waals surface area (Å²) in [6.07, 6.45) is 7.28. The summed E-state index contributed by atoms with van der Waals surface area (Å²) in [4.78, 5) is 0. The number of rotatable bonds is 6. The summed E-state index contributed by atoms with van der Waals surface area (Å²) < 4.78 is 2.11. The number of nitrogens with one attached hydrogen (secondary N) is 1. The van der Waals surface area contributed by atoms with E-state index < -0.39 is 0 Å². The van der Waals surface area contributed by atoms with Crippen LogP contribution in [-0.2, 0) is 19.4 Å². The van der Waals surface area contributed by atoms with Gasteiger partial charge < -0.3 is 5.32 Å². The van der Waals surface area contributed by atoms with Crippen LogP contribution in [0.25, 0.3) is 0 Å². The average Bonchev–Trinajstić information content (AvgIpc) is 2.97. The molecule has 0 radical (unpaired) electrons. The van der Waals surface area contributed by atoms with Crippen molar-refractivity contribution in [1.82, 2.24) is 15.1 Å². The van der Waals surface area contributed by atoms with Crippen molar-refractivity contribution < 1.29 is 0 Å². The molecule has 0 aliphatic heterocycles. The van der Waals surface area contributed by atoms with Gasteiger partial charge in [0.1, 0.15) is 0 Å². The third-order valence-corrected chi connectivity index (χ3v) is 4.89. The van der Waals surface area contributed by atoms with Crippen LogP contribution < -0.4 is 5.32 Å². The molecule has 1 aromatic rings. The third-order valence-electron chi connectivity index (χ3n) is 4.45. The number of aromatic nitrogens is 2. The van der Waals surface area contributed by atoms with Gasteiger partial charge in [-0.2, -0.15) is 5.10 Å². The maximum atomic E-state index is 6.55. The van der Waals surface area contributed by atoms with E-state index in [0.29, 0.717) is 5.41 Å². The van der Waals surface area contributed by atoms with Crippen LogP contribution in [0.4, 0.5) is 0 Å². The second-order valence-corrected chi connectivity index (χ2v) is 6.17. The predicted octanol–water partition coefficient (Wildman–Crippen LogP) is 3.44. The Morgan fingerprint density at radius 3 is 2.53 bits per heavy atom. The van der Waals surface area contributed by atoms with Gasteiger partial charge in [0, 0.05) is 13.1 Å². The maximum Gasteiger partial charge on any atom is 0.0850 e. The largest absolute Gasteiger partial charge is 0.319 e. The van der Waals surface area contributed by atoms with Crippen LogP contribution in [0.15, 0.2) is 0 Å². The molecule has 108 valence electrons. The summed E-state index contributed by atoms with van der Waals surface area (Å²) in [5, 5.41) is 8.93. The molecule has 0 saturated heterocycles. The van der Waals surface area contributed by atoms with Crippen molar-refractivity contribution in [3.8, 4) is 0 Å². The SMILES string of the molecule is CCc1nn(CC)c(CC2(CNC)CCCC2)c1Cl. The van der Waals surface area contributed by atoms with Crippen LogP contribution in [0.1, 0.15) is 50.9 Å². The van der Waals surface area contributed by atoms with Crippen molar-refractivity contribution in [3.63, 3.8) is 0 Å². The van der Waals surface area contributed by atoms with Gasteiger partial charge in [0.25, 0.3) is 0 Å². The molecular formula is C15H26ClN3. The van der Waals surface area contributed by atoms with Gasteiger partial charge >= 0.3 is 0 Å². The minimum absolute atomic E-state index is 0.385. The van der Waals surface area contributed by atoms with Crippen molar-refractivity contribution in [2.75, 3.05) is 13.6 Å². The van der Waals surface area contributed by atoms with E-state index in [0.717, 1.165) is 36.6 Å². The fourth-order valence-electron chi connectivity index (χ4n) is 3.46. The zero-order valence-corrected chi connectivity index (χ0v) is 13.2. The Bertz CT molecular complexity index is 419. The van der Waals surface area contributed by atoms with Crippen LogP contribution in [-0.4, -0.2) is 23.4 Å². The van der Waals surface area contributed by atoms with Gasteiger partial charge in [-0.3, -0.25) is 4.68 Å². The lowest BCUT2D eigenvalue weighted by atomic mass is 9.81. The number of halogens is 1. The zero-order chi connectivity index (χ0) is 13.9. The molecular weight excluding hydrogens is 258 g/mol. The van der Waals surface area contributed by atoms with E-state index in [-0.39, 0.29) is 0 Å². The van der Waals surface area contributed by atoms with Gasteiger partial charge in [-0.1, -0.05) is 31.4 Å². The summed E-state index contributed by atoms with van der Waals surface area (Å²) in [6, 6.07) is 0. The Labute approximate surface area is 121 Å². The molecule has 0 aromatic carbocycles. The summed E-state index contributed by atoms with van der Waals surface area (Å²) in [5.74, 6) is 0. The number of nitrogens with zero attached hydrogens (tertiary/aromatic N) is 2. The minimum Gasteiger partial charge on any atom is -0.319 e. The van der Waals surface area contributed by atoms with Crippen LogP contribution >= 0.6 is 11.6 Å². The van der Waals surface area contributed by atoms with Gasteiger partial charge in [0.05, 0.1) is 16.4 Å². The first-order valence-corrected chi connectivity index (χ1v) is 7.92. The van der Waals surface area contributed by atoms with E-state index in [4.69, 9.17) is 11.6 Å². The Morgan fingerprint density at radius 1 is 1.32 bits per heavy atom. The van der Waals surface area contributed by atoms with E-state index in [9.17, 15) is 0 Å². The Hall–Kier alpha value is -0.540. The first-order chi connectivity index (χ1) is 9.15. The fraction of sp³-hybridized carbons (Fsp3) is 0.800. The highest BCUT2D eigenvalue weighted by molar-refractivity contribution is 6.31. The number of aryl methyl sites for hydroxylation is 2. The molecule has 1 heterocycles. The zero-order valence-electron chi connectivity index (χ0n) is 12.4.